The number of hydrogen-bond acceptors (Lipinski definition) is 7. The predicted molar refractivity (Wildman–Crippen MR) is 68.6 cm³/mol. The molecular formula is C11H16N2O4S. The van der Waals surface area contributed by atoms with Crippen LogP contribution in [-0.2, 0) is 9.47 Å². The van der Waals surface area contributed by atoms with Gasteiger partial charge in [-0.05, 0) is 0 Å². The highest BCUT2D eigenvalue weighted by molar-refractivity contribution is 7.17. The number of hydrogen-bond donors (Lipinski definition) is 0. The topological polar surface area (TPSA) is 68.7 Å². The van der Waals surface area contributed by atoms with Crippen molar-refractivity contribution in [3.05, 3.63) is 10.6 Å². The van der Waals surface area contributed by atoms with Crippen LogP contribution in [0.25, 0.3) is 0 Å². The van der Waals surface area contributed by atoms with Gasteiger partial charge >= 0.3 is 5.97 Å². The number of ketones is 1. The van der Waals surface area contributed by atoms with Crippen LogP contribution in [0.4, 0.5) is 5.13 Å². The van der Waals surface area contributed by atoms with Gasteiger partial charge in [0.15, 0.2) is 16.6 Å². The number of carbonyl (C=O) groups is 2. The van der Waals surface area contributed by atoms with E-state index in [1.165, 1.54) is 25.4 Å². The summed E-state index contributed by atoms with van der Waals surface area (Å²) in [4.78, 5) is 29.3. The first kappa shape index (κ1) is 14.6. The van der Waals surface area contributed by atoms with Crippen LogP contribution in [0.3, 0.4) is 0 Å². The molecule has 0 spiro atoms. The van der Waals surface area contributed by atoms with Gasteiger partial charge in [0.2, 0.25) is 0 Å². The van der Waals surface area contributed by atoms with Gasteiger partial charge in [0, 0.05) is 27.6 Å². The molecule has 0 aliphatic heterocycles. The van der Waals surface area contributed by atoms with E-state index in [9.17, 15) is 9.59 Å². The lowest BCUT2D eigenvalue weighted by Gasteiger charge is -2.14. The molecule has 6 nitrogen and oxygen atoms in total. The third-order valence-corrected chi connectivity index (χ3v) is 3.54. The number of nitrogens with zero attached hydrogens (tertiary/aromatic N) is 2. The molecule has 0 aliphatic carbocycles. The number of likely N-dealkylation sites (N-methyl/N-ethyl adjacent to an activating group) is 1. The second kappa shape index (κ2) is 6.46. The van der Waals surface area contributed by atoms with E-state index in [2.05, 4.69) is 9.72 Å². The zero-order valence-electron chi connectivity index (χ0n) is 10.8. The van der Waals surface area contributed by atoms with Crippen molar-refractivity contribution in [1.82, 2.24) is 4.98 Å². The van der Waals surface area contributed by atoms with Crippen molar-refractivity contribution in [3.8, 4) is 0 Å². The fourth-order valence-electron chi connectivity index (χ4n) is 1.27. The lowest BCUT2D eigenvalue weighted by Crippen LogP contribution is -2.22. The van der Waals surface area contributed by atoms with E-state index in [4.69, 9.17) is 4.74 Å². The van der Waals surface area contributed by atoms with Crippen LogP contribution in [0.15, 0.2) is 0 Å². The van der Waals surface area contributed by atoms with Gasteiger partial charge in [-0.1, -0.05) is 11.3 Å². The van der Waals surface area contributed by atoms with E-state index < -0.39 is 5.97 Å². The number of aromatic nitrogens is 1. The Bertz CT molecular complexity index is 444. The maximum absolute atomic E-state index is 11.5. The fraction of sp³-hybridized carbons (Fsp3) is 0.545. The zero-order chi connectivity index (χ0) is 13.7. The minimum atomic E-state index is -0.595. The molecule has 0 fully saturated rings. The van der Waals surface area contributed by atoms with Crippen LogP contribution in [0.5, 0.6) is 0 Å². The molecular weight excluding hydrogens is 256 g/mol. The summed E-state index contributed by atoms with van der Waals surface area (Å²) < 4.78 is 9.57. The van der Waals surface area contributed by atoms with Gasteiger partial charge in [0.25, 0.3) is 0 Å². The largest absolute Gasteiger partial charge is 0.464 e. The minimum Gasteiger partial charge on any atom is -0.464 e. The van der Waals surface area contributed by atoms with E-state index >= 15 is 0 Å². The SMILES string of the molecule is COCCN(C)c1nc(C(=O)OC)c(C(C)=O)s1. The van der Waals surface area contributed by atoms with Gasteiger partial charge in [-0.25, -0.2) is 9.78 Å². The molecule has 1 heterocycles. The lowest BCUT2D eigenvalue weighted by molar-refractivity contribution is 0.0591. The van der Waals surface area contributed by atoms with Crippen molar-refractivity contribution >= 4 is 28.2 Å². The number of esters is 1. The summed E-state index contributed by atoms with van der Waals surface area (Å²) >= 11 is 1.18. The zero-order valence-corrected chi connectivity index (χ0v) is 11.7. The van der Waals surface area contributed by atoms with Crippen LogP contribution in [0.2, 0.25) is 0 Å². The molecule has 18 heavy (non-hydrogen) atoms. The monoisotopic (exact) mass is 272 g/mol. The van der Waals surface area contributed by atoms with Crippen molar-refractivity contribution in [1.29, 1.82) is 0 Å². The van der Waals surface area contributed by atoms with Gasteiger partial charge in [-0.3, -0.25) is 4.79 Å². The van der Waals surface area contributed by atoms with E-state index in [0.29, 0.717) is 23.2 Å². The Balaban J connectivity index is 3.02. The van der Waals surface area contributed by atoms with Crippen LogP contribution in [-0.4, -0.2) is 51.2 Å². The molecule has 1 rings (SSSR count). The van der Waals surface area contributed by atoms with Crippen molar-refractivity contribution < 1.29 is 19.1 Å². The number of carbonyl (C=O) groups excluding carboxylic acids is 2. The van der Waals surface area contributed by atoms with Crippen molar-refractivity contribution in [2.45, 2.75) is 6.92 Å². The highest BCUT2D eigenvalue weighted by atomic mass is 32.1. The molecule has 0 amide bonds. The van der Waals surface area contributed by atoms with Crippen LogP contribution in [0.1, 0.15) is 27.1 Å². The standard InChI is InChI=1S/C11H16N2O4S/c1-7(14)9-8(10(15)17-4)12-11(18-9)13(2)5-6-16-3/h5-6H2,1-4H3. The third kappa shape index (κ3) is 3.27. The number of thiazole rings is 1. The van der Waals surface area contributed by atoms with Gasteiger partial charge in [-0.2, -0.15) is 0 Å². The van der Waals surface area contributed by atoms with E-state index in [-0.39, 0.29) is 11.5 Å². The molecule has 100 valence electrons. The number of methoxy groups -OCH3 is 2. The first-order valence-corrected chi connectivity index (χ1v) is 6.13. The summed E-state index contributed by atoms with van der Waals surface area (Å²) in [6, 6.07) is 0. The van der Waals surface area contributed by atoms with E-state index in [1.54, 1.807) is 7.11 Å². The lowest BCUT2D eigenvalue weighted by atomic mass is 10.3. The third-order valence-electron chi connectivity index (χ3n) is 2.27. The Labute approximate surface area is 110 Å². The van der Waals surface area contributed by atoms with Crippen molar-refractivity contribution in [3.63, 3.8) is 0 Å². The average molecular weight is 272 g/mol. The quantitative estimate of drug-likeness (QED) is 0.573. The molecule has 1 aromatic rings. The first-order valence-electron chi connectivity index (χ1n) is 5.31. The molecule has 1 aromatic heterocycles. The minimum absolute atomic E-state index is 0.0780. The summed E-state index contributed by atoms with van der Waals surface area (Å²) in [5, 5.41) is 0.595. The van der Waals surface area contributed by atoms with Crippen molar-refractivity contribution in [2.75, 3.05) is 39.3 Å². The summed E-state index contributed by atoms with van der Waals surface area (Å²) in [5.74, 6) is -0.790. The molecule has 7 heteroatoms. The summed E-state index contributed by atoms with van der Waals surface area (Å²) in [6.07, 6.45) is 0. The molecule has 0 aromatic carbocycles. The smallest absolute Gasteiger partial charge is 0.358 e. The summed E-state index contributed by atoms with van der Waals surface area (Å²) in [7, 11) is 4.69. The maximum Gasteiger partial charge on any atom is 0.358 e. The number of anilines is 1. The number of rotatable bonds is 6. The Kier molecular flexibility index (Phi) is 5.24. The molecule has 0 unspecified atom stereocenters. The molecule has 0 aliphatic rings. The molecule has 0 N–H and O–H groups in total. The van der Waals surface area contributed by atoms with Crippen molar-refractivity contribution in [2.24, 2.45) is 0 Å². The molecule has 0 bridgehead atoms. The van der Waals surface area contributed by atoms with Crippen LogP contribution < -0.4 is 4.90 Å². The molecule has 0 atom stereocenters. The Morgan fingerprint density at radius 1 is 1.39 bits per heavy atom. The Morgan fingerprint density at radius 3 is 2.56 bits per heavy atom. The van der Waals surface area contributed by atoms with Crippen LogP contribution in [0, 0.1) is 0 Å². The molecule has 0 saturated carbocycles. The number of ether oxygens (including phenoxy) is 2. The van der Waals surface area contributed by atoms with E-state index in [0.717, 1.165) is 0 Å². The summed E-state index contributed by atoms with van der Waals surface area (Å²) in [5.41, 5.74) is 0.0780. The first-order chi connectivity index (χ1) is 8.51. The molecule has 0 saturated heterocycles. The average Bonchev–Trinajstić information content (AvgIpc) is 2.80. The second-order valence-corrected chi connectivity index (χ2v) is 4.61. The predicted octanol–water partition coefficient (Wildman–Crippen LogP) is 1.21. The van der Waals surface area contributed by atoms with Crippen LogP contribution >= 0.6 is 11.3 Å². The summed E-state index contributed by atoms with van der Waals surface area (Å²) in [6.45, 7) is 2.57. The van der Waals surface area contributed by atoms with Gasteiger partial charge in [0.05, 0.1) is 13.7 Å². The molecule has 0 radical (unpaired) electrons. The highest BCUT2D eigenvalue weighted by Gasteiger charge is 2.23. The van der Waals surface area contributed by atoms with Gasteiger partial charge < -0.3 is 14.4 Å². The van der Waals surface area contributed by atoms with Gasteiger partial charge in [0.1, 0.15) is 4.88 Å². The second-order valence-electron chi connectivity index (χ2n) is 3.64. The highest BCUT2D eigenvalue weighted by Crippen LogP contribution is 2.26. The number of Topliss-reactive ketones (excluding diaryl/α,β-unsaturated/α-hetero) is 1. The van der Waals surface area contributed by atoms with E-state index in [1.807, 2.05) is 11.9 Å². The Morgan fingerprint density at radius 2 is 2.06 bits per heavy atom. The van der Waals surface area contributed by atoms with Gasteiger partial charge in [-0.15, -0.1) is 0 Å². The Hall–Kier alpha value is -1.47. The maximum atomic E-state index is 11.5. The fourth-order valence-corrected chi connectivity index (χ4v) is 2.21. The normalized spacial score (nSPS) is 10.2.